The fraction of sp³-hybridized carbons (Fsp3) is 0.350. The molecule has 1 N–H and O–H groups in total. The molecule has 166 valence electrons. The van der Waals surface area contributed by atoms with Gasteiger partial charge in [0.15, 0.2) is 17.5 Å². The molecule has 0 unspecified atom stereocenters. The van der Waals surface area contributed by atoms with Crippen molar-refractivity contribution in [2.45, 2.75) is 17.7 Å². The van der Waals surface area contributed by atoms with E-state index in [2.05, 4.69) is 5.32 Å². The van der Waals surface area contributed by atoms with Crippen LogP contribution >= 0.6 is 11.6 Å². The predicted molar refractivity (Wildman–Crippen MR) is 107 cm³/mol. The highest BCUT2D eigenvalue weighted by atomic mass is 35.5. The molecule has 2 aliphatic rings. The number of nitrogens with zero attached hydrogens (tertiary/aromatic N) is 1. The lowest BCUT2D eigenvalue weighted by atomic mass is 9.77. The van der Waals surface area contributed by atoms with Crippen LogP contribution in [0.15, 0.2) is 35.2 Å². The Labute approximate surface area is 182 Å². The van der Waals surface area contributed by atoms with Gasteiger partial charge in [-0.3, -0.25) is 4.79 Å². The molecular weight excluding hydrogens is 457 g/mol. The Balaban J connectivity index is 1.56. The Morgan fingerprint density at radius 1 is 1.06 bits per heavy atom. The van der Waals surface area contributed by atoms with Crippen molar-refractivity contribution in [2.24, 2.45) is 5.41 Å². The second-order valence-electron chi connectivity index (χ2n) is 7.75. The summed E-state index contributed by atoms with van der Waals surface area (Å²) in [6, 6.07) is 4.90. The van der Waals surface area contributed by atoms with Crippen molar-refractivity contribution in [3.05, 3.63) is 58.4 Å². The number of halogens is 4. The molecule has 2 aromatic carbocycles. The number of carbonyl (C=O) groups excluding carboxylic acids is 1. The summed E-state index contributed by atoms with van der Waals surface area (Å²) in [4.78, 5) is 12.3. The lowest BCUT2D eigenvalue weighted by Crippen LogP contribution is -2.52. The zero-order valence-corrected chi connectivity index (χ0v) is 17.7. The average molecular weight is 475 g/mol. The monoisotopic (exact) mass is 474 g/mol. The molecule has 11 heteroatoms. The third kappa shape index (κ3) is 4.17. The first-order valence-corrected chi connectivity index (χ1v) is 11.3. The number of amides is 1. The number of nitrogens with one attached hydrogen (secondary N) is 1. The molecule has 31 heavy (non-hydrogen) atoms. The first kappa shape index (κ1) is 22.1. The Bertz CT molecular complexity index is 1120. The Morgan fingerprint density at radius 2 is 1.68 bits per heavy atom. The maximum atomic E-state index is 13.4. The Morgan fingerprint density at radius 3 is 2.23 bits per heavy atom. The van der Waals surface area contributed by atoms with Crippen molar-refractivity contribution in [1.82, 2.24) is 4.31 Å². The summed E-state index contributed by atoms with van der Waals surface area (Å²) >= 11 is 6.12. The molecule has 2 heterocycles. The van der Waals surface area contributed by atoms with E-state index in [0.717, 1.165) is 6.07 Å². The van der Waals surface area contributed by atoms with Crippen molar-refractivity contribution in [3.8, 4) is 0 Å². The standard InChI is InChI=1S/C20H18ClF3N2O4S/c21-14-2-1-12(19(27)25-13-8-15(22)18(24)16(23)9-13)7-17(14)31(28,29)26-5-3-20(4-6-26)10-30-11-20/h1-2,7-9H,3-6,10-11H2,(H,25,27). The number of benzene rings is 2. The molecule has 1 amide bonds. The summed E-state index contributed by atoms with van der Waals surface area (Å²) in [6.07, 6.45) is 1.34. The van der Waals surface area contributed by atoms with Crippen LogP contribution in [0.3, 0.4) is 0 Å². The highest BCUT2D eigenvalue weighted by Gasteiger charge is 2.44. The van der Waals surface area contributed by atoms with E-state index < -0.39 is 33.4 Å². The molecule has 0 aromatic heterocycles. The average Bonchev–Trinajstić information content (AvgIpc) is 2.71. The van der Waals surface area contributed by atoms with Crippen molar-refractivity contribution in [3.63, 3.8) is 0 Å². The molecule has 6 nitrogen and oxygen atoms in total. The fourth-order valence-electron chi connectivity index (χ4n) is 3.69. The van der Waals surface area contributed by atoms with Crippen molar-refractivity contribution in [1.29, 1.82) is 0 Å². The minimum atomic E-state index is -3.96. The number of anilines is 1. The predicted octanol–water partition coefficient (Wildman–Crippen LogP) is 3.81. The smallest absolute Gasteiger partial charge is 0.255 e. The van der Waals surface area contributed by atoms with Gasteiger partial charge in [-0.1, -0.05) is 11.6 Å². The Hall–Kier alpha value is -2.14. The molecule has 1 spiro atoms. The van der Waals surface area contributed by atoms with Crippen LogP contribution in [0.2, 0.25) is 5.02 Å². The molecule has 2 saturated heterocycles. The zero-order chi connectivity index (χ0) is 22.4. The fourth-order valence-corrected chi connectivity index (χ4v) is 5.63. The lowest BCUT2D eigenvalue weighted by molar-refractivity contribution is -0.133. The van der Waals surface area contributed by atoms with Crippen LogP contribution in [0, 0.1) is 22.9 Å². The summed E-state index contributed by atoms with van der Waals surface area (Å²) in [5.74, 6) is -5.42. The number of carbonyl (C=O) groups is 1. The van der Waals surface area contributed by atoms with Gasteiger partial charge in [0.1, 0.15) is 4.90 Å². The van der Waals surface area contributed by atoms with E-state index in [1.165, 1.54) is 16.4 Å². The van der Waals surface area contributed by atoms with Crippen LogP contribution in [-0.2, 0) is 14.8 Å². The largest absolute Gasteiger partial charge is 0.380 e. The summed E-state index contributed by atoms with van der Waals surface area (Å²) in [6.45, 7) is 1.88. The number of ether oxygens (including phenoxy) is 1. The normalized spacial score (nSPS) is 18.6. The van der Waals surface area contributed by atoms with Crippen LogP contribution in [0.4, 0.5) is 18.9 Å². The van der Waals surface area contributed by atoms with Gasteiger partial charge in [0.05, 0.1) is 18.2 Å². The highest BCUT2D eigenvalue weighted by molar-refractivity contribution is 7.89. The second-order valence-corrected chi connectivity index (χ2v) is 10.1. The van der Waals surface area contributed by atoms with E-state index in [1.807, 2.05) is 0 Å². The lowest BCUT2D eigenvalue weighted by Gasteiger charge is -2.46. The van der Waals surface area contributed by atoms with Gasteiger partial charge in [0.25, 0.3) is 5.91 Å². The van der Waals surface area contributed by atoms with Gasteiger partial charge in [0, 0.05) is 41.9 Å². The number of rotatable bonds is 4. The van der Waals surface area contributed by atoms with Crippen molar-refractivity contribution >= 4 is 33.2 Å². The van der Waals surface area contributed by atoms with Gasteiger partial charge in [-0.2, -0.15) is 4.31 Å². The van der Waals surface area contributed by atoms with Crippen LogP contribution in [0.1, 0.15) is 23.2 Å². The van der Waals surface area contributed by atoms with E-state index in [-0.39, 0.29) is 26.6 Å². The van der Waals surface area contributed by atoms with E-state index in [1.54, 1.807) is 0 Å². The number of hydrogen-bond donors (Lipinski definition) is 1. The van der Waals surface area contributed by atoms with Crippen molar-refractivity contribution < 1.29 is 31.1 Å². The SMILES string of the molecule is O=C(Nc1cc(F)c(F)c(F)c1)c1ccc(Cl)c(S(=O)(=O)N2CCC3(CC2)COC3)c1. The third-order valence-electron chi connectivity index (χ3n) is 5.65. The maximum absolute atomic E-state index is 13.4. The third-order valence-corrected chi connectivity index (χ3v) is 8.03. The molecule has 0 atom stereocenters. The quantitative estimate of drug-likeness (QED) is 0.684. The van der Waals surface area contributed by atoms with Crippen LogP contribution < -0.4 is 5.32 Å². The minimum absolute atomic E-state index is 0.0389. The van der Waals surface area contributed by atoms with Gasteiger partial charge in [-0.05, 0) is 31.0 Å². The summed E-state index contributed by atoms with van der Waals surface area (Å²) in [7, 11) is -3.96. The van der Waals surface area contributed by atoms with Gasteiger partial charge in [0.2, 0.25) is 10.0 Å². The second kappa shape index (κ2) is 8.09. The van der Waals surface area contributed by atoms with Crippen molar-refractivity contribution in [2.75, 3.05) is 31.6 Å². The Kier molecular flexibility index (Phi) is 5.76. The molecule has 4 rings (SSSR count). The van der Waals surface area contributed by atoms with Crippen LogP contribution in [0.25, 0.3) is 0 Å². The summed E-state index contributed by atoms with van der Waals surface area (Å²) in [5.41, 5.74) is -0.365. The van der Waals surface area contributed by atoms with Crippen LogP contribution in [0.5, 0.6) is 0 Å². The van der Waals surface area contributed by atoms with E-state index in [9.17, 15) is 26.4 Å². The maximum Gasteiger partial charge on any atom is 0.255 e. The topological polar surface area (TPSA) is 75.7 Å². The van der Waals surface area contributed by atoms with Gasteiger partial charge in [-0.25, -0.2) is 21.6 Å². The molecular formula is C20H18ClF3N2O4S. The van der Waals surface area contributed by atoms with Crippen LogP contribution in [-0.4, -0.2) is 44.9 Å². The van der Waals surface area contributed by atoms with E-state index >= 15 is 0 Å². The number of sulfonamides is 1. The van der Waals surface area contributed by atoms with Gasteiger partial charge in [-0.15, -0.1) is 0 Å². The molecule has 0 aliphatic carbocycles. The molecule has 2 fully saturated rings. The van der Waals surface area contributed by atoms with Gasteiger partial charge >= 0.3 is 0 Å². The molecule has 2 aliphatic heterocycles. The molecule has 0 bridgehead atoms. The summed E-state index contributed by atoms with van der Waals surface area (Å²) in [5, 5.41) is 2.17. The van der Waals surface area contributed by atoms with E-state index in [0.29, 0.717) is 51.3 Å². The zero-order valence-electron chi connectivity index (χ0n) is 16.1. The highest BCUT2D eigenvalue weighted by Crippen LogP contribution is 2.40. The molecule has 0 saturated carbocycles. The first-order chi connectivity index (χ1) is 14.6. The minimum Gasteiger partial charge on any atom is -0.380 e. The van der Waals surface area contributed by atoms with E-state index in [4.69, 9.17) is 16.3 Å². The first-order valence-electron chi connectivity index (χ1n) is 9.45. The summed E-state index contributed by atoms with van der Waals surface area (Å²) < 4.78 is 72.7. The molecule has 2 aromatic rings. The van der Waals surface area contributed by atoms with Gasteiger partial charge < -0.3 is 10.1 Å². The molecule has 0 radical (unpaired) electrons. The number of hydrogen-bond acceptors (Lipinski definition) is 4. The number of piperidine rings is 1.